The molecule has 0 aliphatic carbocycles. The van der Waals surface area contributed by atoms with Crippen LogP contribution in [0.15, 0.2) is 28.7 Å². The Hall–Kier alpha value is -1.56. The fraction of sp³-hybridized carbons (Fsp3) is 0.500. The van der Waals surface area contributed by atoms with Gasteiger partial charge in [0.1, 0.15) is 0 Å². The summed E-state index contributed by atoms with van der Waals surface area (Å²) < 4.78 is 1.01. The van der Waals surface area contributed by atoms with Crippen LogP contribution in [0.3, 0.4) is 0 Å². The minimum atomic E-state index is -0.829. The Morgan fingerprint density at radius 2 is 2.18 bits per heavy atom. The molecule has 1 unspecified atom stereocenters. The molecule has 1 atom stereocenters. The van der Waals surface area contributed by atoms with Gasteiger partial charge in [0.2, 0.25) is 0 Å². The first-order valence-corrected chi connectivity index (χ1v) is 8.10. The van der Waals surface area contributed by atoms with Crippen molar-refractivity contribution in [2.45, 2.75) is 25.7 Å². The van der Waals surface area contributed by atoms with Gasteiger partial charge in [-0.1, -0.05) is 41.9 Å². The molecule has 0 bridgehead atoms. The van der Waals surface area contributed by atoms with Crippen molar-refractivity contribution in [2.24, 2.45) is 5.92 Å². The lowest BCUT2D eigenvalue weighted by molar-refractivity contribution is -0.141. The Morgan fingerprint density at radius 1 is 1.45 bits per heavy atom. The third-order valence-electron chi connectivity index (χ3n) is 4.11. The summed E-state index contributed by atoms with van der Waals surface area (Å²) in [6, 6.07) is 7.83. The summed E-state index contributed by atoms with van der Waals surface area (Å²) in [5.41, 5.74) is 0.928. The molecule has 2 amide bonds. The number of carboxylic acids is 1. The van der Waals surface area contributed by atoms with Gasteiger partial charge in [0.25, 0.3) is 0 Å². The van der Waals surface area contributed by atoms with E-state index in [2.05, 4.69) is 35.1 Å². The second-order valence-corrected chi connectivity index (χ2v) is 7.24. The number of amides is 2. The molecule has 0 radical (unpaired) electrons. The van der Waals surface area contributed by atoms with Gasteiger partial charge in [0.05, 0.1) is 5.92 Å². The van der Waals surface area contributed by atoms with E-state index in [9.17, 15) is 9.59 Å². The van der Waals surface area contributed by atoms with Gasteiger partial charge in [0.15, 0.2) is 0 Å². The largest absolute Gasteiger partial charge is 0.481 e. The lowest BCUT2D eigenvalue weighted by Gasteiger charge is -2.27. The third-order valence-corrected chi connectivity index (χ3v) is 4.61. The van der Waals surface area contributed by atoms with Crippen molar-refractivity contribution in [3.8, 4) is 0 Å². The molecule has 2 N–H and O–H groups in total. The van der Waals surface area contributed by atoms with E-state index in [4.69, 9.17) is 5.11 Å². The summed E-state index contributed by atoms with van der Waals surface area (Å²) in [6.45, 7) is 5.42. The number of carbonyl (C=O) groups excluding carboxylic acids is 1. The Labute approximate surface area is 138 Å². The number of carboxylic acid groups (broad SMARTS) is 1. The first-order chi connectivity index (χ1) is 10.3. The summed E-state index contributed by atoms with van der Waals surface area (Å²) >= 11 is 3.46. The third kappa shape index (κ3) is 4.00. The van der Waals surface area contributed by atoms with E-state index in [-0.39, 0.29) is 11.4 Å². The number of benzene rings is 1. The van der Waals surface area contributed by atoms with Gasteiger partial charge in [0, 0.05) is 29.5 Å². The quantitative estimate of drug-likeness (QED) is 0.858. The molecule has 1 aromatic carbocycles. The van der Waals surface area contributed by atoms with E-state index < -0.39 is 11.9 Å². The average Bonchev–Trinajstić information content (AvgIpc) is 2.95. The Morgan fingerprint density at radius 3 is 2.77 bits per heavy atom. The molecule has 1 saturated heterocycles. The maximum absolute atomic E-state index is 12.2. The number of halogens is 1. The van der Waals surface area contributed by atoms with Gasteiger partial charge in [-0.15, -0.1) is 0 Å². The number of urea groups is 1. The van der Waals surface area contributed by atoms with Crippen molar-refractivity contribution in [3.63, 3.8) is 0 Å². The van der Waals surface area contributed by atoms with Gasteiger partial charge in [-0.05, 0) is 24.1 Å². The molecule has 6 heteroatoms. The van der Waals surface area contributed by atoms with Crippen LogP contribution in [0.25, 0.3) is 0 Å². The van der Waals surface area contributed by atoms with E-state index in [1.807, 2.05) is 24.3 Å². The summed E-state index contributed by atoms with van der Waals surface area (Å²) in [4.78, 5) is 24.7. The van der Waals surface area contributed by atoms with Crippen molar-refractivity contribution in [1.29, 1.82) is 0 Å². The Kier molecular flexibility index (Phi) is 5.11. The normalized spacial score (nSPS) is 18.3. The number of nitrogens with zero attached hydrogens (tertiary/aromatic N) is 1. The lowest BCUT2D eigenvalue weighted by Crippen LogP contribution is -2.44. The molecule has 2 rings (SSSR count). The Bertz CT molecular complexity index is 574. The zero-order chi connectivity index (χ0) is 16.3. The summed E-state index contributed by atoms with van der Waals surface area (Å²) in [6.07, 6.45) is 0.526. The predicted molar refractivity (Wildman–Crippen MR) is 87.9 cm³/mol. The molecule has 1 aliphatic heterocycles. The van der Waals surface area contributed by atoms with Gasteiger partial charge >= 0.3 is 12.0 Å². The van der Waals surface area contributed by atoms with Crippen molar-refractivity contribution in [3.05, 3.63) is 34.3 Å². The molecule has 1 aromatic rings. The second-order valence-electron chi connectivity index (χ2n) is 6.32. The van der Waals surface area contributed by atoms with E-state index in [1.165, 1.54) is 0 Å². The summed E-state index contributed by atoms with van der Waals surface area (Å²) in [7, 11) is 0. The van der Waals surface area contributed by atoms with Crippen LogP contribution in [0.1, 0.15) is 25.8 Å². The zero-order valence-electron chi connectivity index (χ0n) is 12.8. The van der Waals surface area contributed by atoms with Crippen LogP contribution in [0.5, 0.6) is 0 Å². The first kappa shape index (κ1) is 16.8. The molecule has 22 heavy (non-hydrogen) atoms. The minimum absolute atomic E-state index is 0.188. The van der Waals surface area contributed by atoms with Crippen LogP contribution < -0.4 is 5.32 Å². The lowest BCUT2D eigenvalue weighted by atomic mass is 9.85. The molecule has 0 spiro atoms. The Balaban J connectivity index is 1.92. The maximum atomic E-state index is 12.2. The first-order valence-electron chi connectivity index (χ1n) is 7.31. The SMILES string of the molecule is CC(C)(CNC(=O)N1CCC(C(=O)O)C1)c1cccc(Br)c1. The number of rotatable bonds is 4. The van der Waals surface area contributed by atoms with Crippen molar-refractivity contribution >= 4 is 27.9 Å². The molecular weight excluding hydrogens is 348 g/mol. The fourth-order valence-corrected chi connectivity index (χ4v) is 2.97. The monoisotopic (exact) mass is 368 g/mol. The summed E-state index contributed by atoms with van der Waals surface area (Å²) in [5.74, 6) is -1.27. The molecule has 0 aromatic heterocycles. The average molecular weight is 369 g/mol. The molecule has 1 heterocycles. The maximum Gasteiger partial charge on any atom is 0.317 e. The second kappa shape index (κ2) is 6.69. The highest BCUT2D eigenvalue weighted by molar-refractivity contribution is 9.10. The zero-order valence-corrected chi connectivity index (χ0v) is 14.4. The highest BCUT2D eigenvalue weighted by Crippen LogP contribution is 2.25. The number of nitrogens with one attached hydrogen (secondary N) is 1. The van der Waals surface area contributed by atoms with Crippen molar-refractivity contribution < 1.29 is 14.7 Å². The number of hydrogen-bond donors (Lipinski definition) is 2. The molecule has 0 saturated carbocycles. The van der Waals surface area contributed by atoms with Crippen LogP contribution in [0.4, 0.5) is 4.79 Å². The topological polar surface area (TPSA) is 69.6 Å². The molecule has 5 nitrogen and oxygen atoms in total. The fourth-order valence-electron chi connectivity index (χ4n) is 2.57. The molecule has 120 valence electrons. The number of hydrogen-bond acceptors (Lipinski definition) is 2. The van der Waals surface area contributed by atoms with Crippen LogP contribution in [-0.2, 0) is 10.2 Å². The van der Waals surface area contributed by atoms with Crippen LogP contribution in [0, 0.1) is 5.92 Å². The van der Waals surface area contributed by atoms with E-state index in [0.29, 0.717) is 26.1 Å². The van der Waals surface area contributed by atoms with E-state index >= 15 is 0 Å². The minimum Gasteiger partial charge on any atom is -0.481 e. The van der Waals surface area contributed by atoms with Gasteiger partial charge in [-0.2, -0.15) is 0 Å². The number of likely N-dealkylation sites (tertiary alicyclic amines) is 1. The standard InChI is InChI=1S/C16H21BrN2O3/c1-16(2,12-4-3-5-13(17)8-12)10-18-15(22)19-7-6-11(9-19)14(20)21/h3-5,8,11H,6-7,9-10H2,1-2H3,(H,18,22)(H,20,21). The van der Waals surface area contributed by atoms with Gasteiger partial charge < -0.3 is 15.3 Å². The van der Waals surface area contributed by atoms with E-state index in [0.717, 1.165) is 10.0 Å². The van der Waals surface area contributed by atoms with Crippen LogP contribution in [-0.4, -0.2) is 41.6 Å². The molecule has 1 fully saturated rings. The smallest absolute Gasteiger partial charge is 0.317 e. The highest BCUT2D eigenvalue weighted by Gasteiger charge is 2.31. The van der Waals surface area contributed by atoms with Crippen molar-refractivity contribution in [2.75, 3.05) is 19.6 Å². The highest BCUT2D eigenvalue weighted by atomic mass is 79.9. The van der Waals surface area contributed by atoms with Crippen LogP contribution in [0.2, 0.25) is 0 Å². The molecular formula is C16H21BrN2O3. The predicted octanol–water partition coefficient (Wildman–Crippen LogP) is 2.84. The summed E-state index contributed by atoms with van der Waals surface area (Å²) in [5, 5.41) is 11.9. The van der Waals surface area contributed by atoms with Gasteiger partial charge in [-0.25, -0.2) is 4.79 Å². The van der Waals surface area contributed by atoms with E-state index in [1.54, 1.807) is 4.90 Å². The number of aliphatic carboxylic acids is 1. The van der Waals surface area contributed by atoms with Crippen molar-refractivity contribution in [1.82, 2.24) is 10.2 Å². The molecule has 1 aliphatic rings. The van der Waals surface area contributed by atoms with Gasteiger partial charge in [-0.3, -0.25) is 4.79 Å². The number of carbonyl (C=O) groups is 2. The van der Waals surface area contributed by atoms with Crippen LogP contribution >= 0.6 is 15.9 Å².